The highest BCUT2D eigenvalue weighted by Crippen LogP contribution is 2.27. The SMILES string of the molecule is Cc1ccc(N=Cc2ccc(OCc3ccccc3Cl)c(Cl)c2)cc1Cl. The molecule has 5 heteroatoms. The second kappa shape index (κ2) is 8.59. The molecule has 2 nitrogen and oxygen atoms in total. The van der Waals surface area contributed by atoms with E-state index in [1.165, 1.54) is 0 Å². The number of aliphatic imine (C=N–C) groups is 1. The van der Waals surface area contributed by atoms with Gasteiger partial charge in [0.15, 0.2) is 0 Å². The second-order valence-electron chi connectivity index (χ2n) is 5.76. The summed E-state index contributed by atoms with van der Waals surface area (Å²) in [5, 5.41) is 1.88. The summed E-state index contributed by atoms with van der Waals surface area (Å²) >= 11 is 18.6. The molecule has 0 aromatic heterocycles. The number of aryl methyl sites for hydroxylation is 1. The van der Waals surface area contributed by atoms with Crippen molar-refractivity contribution in [1.82, 2.24) is 0 Å². The number of benzene rings is 3. The van der Waals surface area contributed by atoms with E-state index in [1.54, 1.807) is 6.21 Å². The van der Waals surface area contributed by atoms with Gasteiger partial charge in [-0.1, -0.05) is 59.1 Å². The van der Waals surface area contributed by atoms with E-state index < -0.39 is 0 Å². The van der Waals surface area contributed by atoms with Crippen LogP contribution in [-0.2, 0) is 6.61 Å². The number of halogens is 3. The molecule has 0 aliphatic carbocycles. The largest absolute Gasteiger partial charge is 0.487 e. The number of hydrogen-bond donors (Lipinski definition) is 0. The molecule has 132 valence electrons. The van der Waals surface area contributed by atoms with E-state index in [0.717, 1.165) is 22.4 Å². The van der Waals surface area contributed by atoms with Crippen molar-refractivity contribution in [2.45, 2.75) is 13.5 Å². The van der Waals surface area contributed by atoms with Gasteiger partial charge in [-0.15, -0.1) is 0 Å². The zero-order chi connectivity index (χ0) is 18.5. The molecule has 0 atom stereocenters. The van der Waals surface area contributed by atoms with Crippen LogP contribution in [0, 0.1) is 6.92 Å². The highest BCUT2D eigenvalue weighted by molar-refractivity contribution is 6.32. The monoisotopic (exact) mass is 403 g/mol. The summed E-state index contributed by atoms with van der Waals surface area (Å²) in [6, 6.07) is 18.8. The van der Waals surface area contributed by atoms with Crippen molar-refractivity contribution in [3.8, 4) is 5.75 Å². The summed E-state index contributed by atoms with van der Waals surface area (Å²) in [5.41, 5.74) is 3.59. The molecule has 0 N–H and O–H groups in total. The fourth-order valence-corrected chi connectivity index (χ4v) is 2.91. The first kappa shape index (κ1) is 18.8. The highest BCUT2D eigenvalue weighted by Gasteiger charge is 2.05. The van der Waals surface area contributed by atoms with Crippen molar-refractivity contribution in [1.29, 1.82) is 0 Å². The molecule has 3 aromatic carbocycles. The maximum atomic E-state index is 6.32. The zero-order valence-electron chi connectivity index (χ0n) is 14.0. The third-order valence-electron chi connectivity index (χ3n) is 3.82. The summed E-state index contributed by atoms with van der Waals surface area (Å²) < 4.78 is 5.77. The molecule has 3 rings (SSSR count). The molecule has 0 heterocycles. The van der Waals surface area contributed by atoms with E-state index in [0.29, 0.717) is 27.4 Å². The van der Waals surface area contributed by atoms with E-state index in [-0.39, 0.29) is 0 Å². The molecule has 3 aromatic rings. The highest BCUT2D eigenvalue weighted by atomic mass is 35.5. The van der Waals surface area contributed by atoms with Crippen molar-refractivity contribution in [3.63, 3.8) is 0 Å². The van der Waals surface area contributed by atoms with E-state index in [4.69, 9.17) is 39.5 Å². The Morgan fingerprint density at radius 2 is 1.69 bits per heavy atom. The third-order valence-corrected chi connectivity index (χ3v) is 4.89. The van der Waals surface area contributed by atoms with Crippen LogP contribution in [0.2, 0.25) is 15.1 Å². The van der Waals surface area contributed by atoms with Crippen molar-refractivity contribution < 1.29 is 4.74 Å². The smallest absolute Gasteiger partial charge is 0.138 e. The van der Waals surface area contributed by atoms with Gasteiger partial charge in [-0.05, 0) is 54.4 Å². The summed E-state index contributed by atoms with van der Waals surface area (Å²) in [6.45, 7) is 2.31. The fraction of sp³-hybridized carbons (Fsp3) is 0.0952. The first-order valence-corrected chi connectivity index (χ1v) is 9.12. The summed E-state index contributed by atoms with van der Waals surface area (Å²) in [5.74, 6) is 0.599. The van der Waals surface area contributed by atoms with Gasteiger partial charge in [0.05, 0.1) is 10.7 Å². The van der Waals surface area contributed by atoms with Crippen LogP contribution in [0.5, 0.6) is 5.75 Å². The van der Waals surface area contributed by atoms with Crippen LogP contribution < -0.4 is 4.74 Å². The van der Waals surface area contributed by atoms with Gasteiger partial charge in [0.25, 0.3) is 0 Å². The Hall–Kier alpha value is -2.00. The molecule has 0 unspecified atom stereocenters. The molecule has 0 saturated heterocycles. The van der Waals surface area contributed by atoms with E-state index >= 15 is 0 Å². The second-order valence-corrected chi connectivity index (χ2v) is 6.98. The van der Waals surface area contributed by atoms with Crippen LogP contribution in [0.25, 0.3) is 0 Å². The van der Waals surface area contributed by atoms with E-state index in [9.17, 15) is 0 Å². The predicted molar refractivity (Wildman–Crippen MR) is 111 cm³/mol. The average molecular weight is 405 g/mol. The van der Waals surface area contributed by atoms with Gasteiger partial charge in [-0.2, -0.15) is 0 Å². The van der Waals surface area contributed by atoms with Crippen molar-refractivity contribution >= 4 is 46.7 Å². The topological polar surface area (TPSA) is 21.6 Å². The maximum Gasteiger partial charge on any atom is 0.138 e. The van der Waals surface area contributed by atoms with Crippen LogP contribution in [0.1, 0.15) is 16.7 Å². The number of rotatable bonds is 5. The summed E-state index contributed by atoms with van der Waals surface area (Å²) in [4.78, 5) is 4.43. The van der Waals surface area contributed by atoms with Gasteiger partial charge in [0, 0.05) is 21.8 Å². The predicted octanol–water partition coefficient (Wildman–Crippen LogP) is 7.28. The molecule has 0 aliphatic rings. The minimum absolute atomic E-state index is 0.356. The molecule has 0 spiro atoms. The number of hydrogen-bond acceptors (Lipinski definition) is 2. The Labute approximate surface area is 168 Å². The molecular formula is C21H16Cl3NO. The van der Waals surface area contributed by atoms with Gasteiger partial charge >= 0.3 is 0 Å². The Morgan fingerprint density at radius 1 is 0.885 bits per heavy atom. The lowest BCUT2D eigenvalue weighted by Crippen LogP contribution is -1.97. The van der Waals surface area contributed by atoms with Crippen molar-refractivity contribution in [2.75, 3.05) is 0 Å². The maximum absolute atomic E-state index is 6.32. The van der Waals surface area contributed by atoms with Gasteiger partial charge < -0.3 is 4.74 Å². The quantitative estimate of drug-likeness (QED) is 0.409. The standard InChI is InChI=1S/C21H16Cl3NO/c1-14-6-8-17(11-19(14)23)25-12-15-7-9-21(20(24)10-15)26-13-16-4-2-3-5-18(16)22/h2-12H,13H2,1H3. The molecule has 0 bridgehead atoms. The third kappa shape index (κ3) is 4.79. The molecule has 0 radical (unpaired) electrons. The molecular weight excluding hydrogens is 389 g/mol. The van der Waals surface area contributed by atoms with Crippen LogP contribution in [0.3, 0.4) is 0 Å². The molecule has 26 heavy (non-hydrogen) atoms. The van der Waals surface area contributed by atoms with Gasteiger partial charge in [0.2, 0.25) is 0 Å². The molecule has 0 fully saturated rings. The van der Waals surface area contributed by atoms with E-state index in [2.05, 4.69) is 4.99 Å². The molecule has 0 saturated carbocycles. The van der Waals surface area contributed by atoms with Crippen molar-refractivity contribution in [3.05, 3.63) is 92.4 Å². The summed E-state index contributed by atoms with van der Waals surface area (Å²) in [6.07, 6.45) is 1.74. The first-order chi connectivity index (χ1) is 12.5. The zero-order valence-corrected chi connectivity index (χ0v) is 16.3. The lowest BCUT2D eigenvalue weighted by Gasteiger charge is -2.09. The Kier molecular flexibility index (Phi) is 6.20. The van der Waals surface area contributed by atoms with Crippen LogP contribution in [-0.4, -0.2) is 6.21 Å². The van der Waals surface area contributed by atoms with Gasteiger partial charge in [-0.25, -0.2) is 0 Å². The van der Waals surface area contributed by atoms with E-state index in [1.807, 2.05) is 67.6 Å². The lowest BCUT2D eigenvalue weighted by molar-refractivity contribution is 0.306. The van der Waals surface area contributed by atoms with Crippen molar-refractivity contribution in [2.24, 2.45) is 4.99 Å². The number of ether oxygens (including phenoxy) is 1. The Bertz CT molecular complexity index is 954. The minimum atomic E-state index is 0.356. The minimum Gasteiger partial charge on any atom is -0.487 e. The molecule has 0 aliphatic heterocycles. The normalized spacial score (nSPS) is 11.1. The van der Waals surface area contributed by atoms with Gasteiger partial charge in [0.1, 0.15) is 12.4 Å². The van der Waals surface area contributed by atoms with Gasteiger partial charge in [-0.3, -0.25) is 4.99 Å². The number of nitrogens with zero attached hydrogens (tertiary/aromatic N) is 1. The first-order valence-electron chi connectivity index (χ1n) is 7.99. The van der Waals surface area contributed by atoms with Crippen LogP contribution in [0.4, 0.5) is 5.69 Å². The van der Waals surface area contributed by atoms with Crippen LogP contribution in [0.15, 0.2) is 65.7 Å². The fourth-order valence-electron chi connectivity index (χ4n) is 2.30. The summed E-state index contributed by atoms with van der Waals surface area (Å²) in [7, 11) is 0. The van der Waals surface area contributed by atoms with Crippen LogP contribution >= 0.6 is 34.8 Å². The lowest BCUT2D eigenvalue weighted by atomic mass is 10.2. The average Bonchev–Trinajstić information content (AvgIpc) is 2.63. The Balaban J connectivity index is 1.70. The Morgan fingerprint density at radius 3 is 2.42 bits per heavy atom. The molecule has 0 amide bonds.